The number of amides is 1. The molecule has 1 amide bonds. The summed E-state index contributed by atoms with van der Waals surface area (Å²) >= 11 is 0. The molecule has 15 heteroatoms. The molecule has 49 heavy (non-hydrogen) atoms. The molecule has 2 saturated heterocycles. The van der Waals surface area contributed by atoms with Gasteiger partial charge in [-0.05, 0) is 61.1 Å². The summed E-state index contributed by atoms with van der Waals surface area (Å²) in [5.74, 6) is -1.87. The molecule has 0 unspecified atom stereocenters. The molecule has 0 saturated carbocycles. The number of carbonyl (C=O) groups excluding carboxylic acids is 1. The summed E-state index contributed by atoms with van der Waals surface area (Å²) in [4.78, 5) is 29.8. The maximum absolute atomic E-state index is 14.8. The zero-order valence-electron chi connectivity index (χ0n) is 28.7. The van der Waals surface area contributed by atoms with E-state index in [-0.39, 0.29) is 47.3 Å². The van der Waals surface area contributed by atoms with E-state index in [1.54, 1.807) is 39.5 Å². The van der Waals surface area contributed by atoms with Gasteiger partial charge in [0.2, 0.25) is 29.3 Å². The van der Waals surface area contributed by atoms with Gasteiger partial charge in [-0.2, -0.15) is 20.2 Å². The van der Waals surface area contributed by atoms with Gasteiger partial charge in [0.05, 0.1) is 30.0 Å². The topological polar surface area (TPSA) is 140 Å². The molecule has 0 aliphatic carbocycles. The van der Waals surface area contributed by atoms with E-state index in [2.05, 4.69) is 26.2 Å². The summed E-state index contributed by atoms with van der Waals surface area (Å²) in [7, 11) is 1.83. The fourth-order valence-corrected chi connectivity index (χ4v) is 6.23. The number of likely N-dealkylation sites (N-methyl/N-ethyl adjacent to an activating group) is 1. The van der Waals surface area contributed by atoms with Crippen molar-refractivity contribution in [2.45, 2.75) is 109 Å². The molecular weight excluding hydrogens is 643 g/mol. The Kier molecular flexibility index (Phi) is 10.4. The molecular formula is C34H42F3N7O5. The minimum atomic E-state index is -1.22. The van der Waals surface area contributed by atoms with Crippen molar-refractivity contribution in [2.24, 2.45) is 0 Å². The van der Waals surface area contributed by atoms with Crippen LogP contribution in [0.15, 0.2) is 28.8 Å². The fourth-order valence-electron chi connectivity index (χ4n) is 6.23. The van der Waals surface area contributed by atoms with Crippen LogP contribution in [0.1, 0.15) is 78.7 Å². The van der Waals surface area contributed by atoms with Crippen molar-refractivity contribution >= 4 is 6.09 Å². The van der Waals surface area contributed by atoms with Crippen LogP contribution in [0.5, 0.6) is 11.8 Å². The highest BCUT2D eigenvalue weighted by molar-refractivity contribution is 5.68. The Morgan fingerprint density at radius 3 is 2.53 bits per heavy atom. The third kappa shape index (κ3) is 8.24. The summed E-state index contributed by atoms with van der Waals surface area (Å²) in [5, 5.41) is 13.5. The Hall–Kier alpha value is -4.45. The van der Waals surface area contributed by atoms with Crippen LogP contribution >= 0.6 is 0 Å². The quantitative estimate of drug-likeness (QED) is 0.262. The van der Waals surface area contributed by atoms with Crippen LogP contribution in [0.4, 0.5) is 18.0 Å². The number of rotatable bonds is 9. The Morgan fingerprint density at radius 1 is 1.12 bits per heavy atom. The van der Waals surface area contributed by atoms with E-state index in [1.165, 1.54) is 18.2 Å². The van der Waals surface area contributed by atoms with Gasteiger partial charge in [-0.25, -0.2) is 18.0 Å². The Labute approximate surface area is 283 Å². The number of halogens is 3. The summed E-state index contributed by atoms with van der Waals surface area (Å²) in [6, 6.07) is 6.86. The molecule has 0 N–H and O–H groups in total. The molecule has 3 aromatic rings. The molecule has 5 rings (SSSR count). The van der Waals surface area contributed by atoms with Gasteiger partial charge in [-0.15, -0.1) is 0 Å². The van der Waals surface area contributed by atoms with Crippen molar-refractivity contribution in [1.29, 1.82) is 5.26 Å². The molecule has 264 valence electrons. The average Bonchev–Trinajstić information content (AvgIpc) is 3.65. The number of likely N-dealkylation sites (tertiary alicyclic amines) is 2. The van der Waals surface area contributed by atoms with Gasteiger partial charge in [0, 0.05) is 37.5 Å². The molecule has 1 aromatic carbocycles. The van der Waals surface area contributed by atoms with Gasteiger partial charge in [-0.1, -0.05) is 17.3 Å². The van der Waals surface area contributed by atoms with Gasteiger partial charge in [0.25, 0.3) is 0 Å². The van der Waals surface area contributed by atoms with Crippen molar-refractivity contribution in [3.8, 4) is 29.5 Å². The second-order valence-corrected chi connectivity index (χ2v) is 14.1. The number of benzene rings is 1. The monoisotopic (exact) mass is 685 g/mol. The van der Waals surface area contributed by atoms with Crippen LogP contribution in [-0.2, 0) is 10.2 Å². The van der Waals surface area contributed by atoms with Crippen molar-refractivity contribution in [3.05, 3.63) is 47.4 Å². The standard InChI is InChI=1S/C34H42F3N7O5/c1-19(25-15-20(35)18-43(25)7)46-26-17-27(47-22-12-14-44(21(16-22)11-13-38)32(45)48-33(2,3)4)40-29(39-26)30-41-31(49-42-30)34(5,6)23-9-8-10-24(36)28(23)37/h8-10,17,19-22,25H,11-12,14-16,18H2,1-7H3/t19-,20+,21+,22-,25-/m0/s1. The van der Waals surface area contributed by atoms with Gasteiger partial charge in [-0.3, -0.25) is 4.90 Å². The number of hydrogen-bond donors (Lipinski definition) is 0. The minimum absolute atomic E-state index is 0.00631. The molecule has 2 aliphatic heterocycles. The van der Waals surface area contributed by atoms with E-state index < -0.39 is 53.2 Å². The number of nitriles is 1. The van der Waals surface area contributed by atoms with Crippen molar-refractivity contribution < 1.29 is 36.7 Å². The van der Waals surface area contributed by atoms with E-state index in [4.69, 9.17) is 18.7 Å². The summed E-state index contributed by atoms with van der Waals surface area (Å²) < 4.78 is 66.6. The van der Waals surface area contributed by atoms with Gasteiger partial charge < -0.3 is 23.6 Å². The fraction of sp³-hybridized carbons (Fsp3) is 0.588. The zero-order valence-corrected chi connectivity index (χ0v) is 28.7. The second kappa shape index (κ2) is 14.2. The number of piperidine rings is 1. The Bertz CT molecular complexity index is 1690. The van der Waals surface area contributed by atoms with Crippen molar-refractivity contribution in [1.82, 2.24) is 29.9 Å². The highest BCUT2D eigenvalue weighted by Gasteiger charge is 2.38. The SMILES string of the molecule is C[C@H](Oc1cc(O[C@H]2CCN(C(=O)OC(C)(C)C)[C@H](CC#N)C2)nc(-c2noc(C(C)(C)c3cccc(F)c3F)n2)n1)[C@@H]1C[C@@H](F)CN1C. The van der Waals surface area contributed by atoms with E-state index in [0.29, 0.717) is 32.4 Å². The number of nitrogens with zero attached hydrogens (tertiary/aromatic N) is 7. The van der Waals surface area contributed by atoms with Crippen LogP contribution in [0.25, 0.3) is 11.6 Å². The lowest BCUT2D eigenvalue weighted by molar-refractivity contribution is -0.00382. The lowest BCUT2D eigenvalue weighted by atomic mass is 9.84. The lowest BCUT2D eigenvalue weighted by Crippen LogP contribution is -2.50. The summed E-state index contributed by atoms with van der Waals surface area (Å²) in [6.45, 7) is 11.0. The maximum atomic E-state index is 14.8. The highest BCUT2D eigenvalue weighted by Crippen LogP contribution is 2.35. The predicted octanol–water partition coefficient (Wildman–Crippen LogP) is 6.00. The minimum Gasteiger partial charge on any atom is -0.474 e. The van der Waals surface area contributed by atoms with Gasteiger partial charge in [0.1, 0.15) is 24.0 Å². The molecule has 0 spiro atoms. The lowest BCUT2D eigenvalue weighted by Gasteiger charge is -2.38. The Morgan fingerprint density at radius 2 is 1.86 bits per heavy atom. The van der Waals surface area contributed by atoms with Gasteiger partial charge >= 0.3 is 6.09 Å². The van der Waals surface area contributed by atoms with E-state index in [1.807, 2.05) is 18.9 Å². The molecule has 2 aromatic heterocycles. The maximum Gasteiger partial charge on any atom is 0.410 e. The summed E-state index contributed by atoms with van der Waals surface area (Å²) in [5.41, 5.74) is -1.89. The molecule has 0 radical (unpaired) electrons. The molecule has 2 fully saturated rings. The first-order valence-electron chi connectivity index (χ1n) is 16.3. The molecule has 12 nitrogen and oxygen atoms in total. The van der Waals surface area contributed by atoms with Crippen LogP contribution in [0.3, 0.4) is 0 Å². The highest BCUT2D eigenvalue weighted by atomic mass is 19.2. The molecule has 5 atom stereocenters. The van der Waals surface area contributed by atoms with Crippen LogP contribution in [0.2, 0.25) is 0 Å². The van der Waals surface area contributed by atoms with E-state index >= 15 is 0 Å². The third-order valence-corrected chi connectivity index (χ3v) is 8.77. The smallest absolute Gasteiger partial charge is 0.410 e. The van der Waals surface area contributed by atoms with Crippen molar-refractivity contribution in [3.63, 3.8) is 0 Å². The number of alkyl halides is 1. The van der Waals surface area contributed by atoms with Crippen LogP contribution in [-0.4, -0.2) is 92.2 Å². The number of carbonyl (C=O) groups is 1. The van der Waals surface area contributed by atoms with Gasteiger partial charge in [0.15, 0.2) is 11.6 Å². The predicted molar refractivity (Wildman–Crippen MR) is 170 cm³/mol. The first-order valence-corrected chi connectivity index (χ1v) is 16.3. The molecule has 0 bridgehead atoms. The average molecular weight is 686 g/mol. The normalized spacial score (nSPS) is 22.4. The third-order valence-electron chi connectivity index (χ3n) is 8.77. The summed E-state index contributed by atoms with van der Waals surface area (Å²) in [6.07, 6.45) is -1.23. The zero-order chi connectivity index (χ0) is 35.7. The first-order chi connectivity index (χ1) is 23.0. The van der Waals surface area contributed by atoms with Crippen LogP contribution in [0, 0.1) is 23.0 Å². The largest absolute Gasteiger partial charge is 0.474 e. The molecule has 2 aliphatic rings. The second-order valence-electron chi connectivity index (χ2n) is 14.1. The Balaban J connectivity index is 1.43. The number of ether oxygens (including phenoxy) is 3. The molecule has 4 heterocycles. The van der Waals surface area contributed by atoms with E-state index in [0.717, 1.165) is 6.07 Å². The van der Waals surface area contributed by atoms with Crippen molar-refractivity contribution in [2.75, 3.05) is 20.1 Å². The van der Waals surface area contributed by atoms with E-state index in [9.17, 15) is 23.2 Å². The number of aromatic nitrogens is 4. The van der Waals surface area contributed by atoms with Crippen LogP contribution < -0.4 is 9.47 Å². The number of hydrogen-bond acceptors (Lipinski definition) is 11. The first kappa shape index (κ1) is 35.8.